The topological polar surface area (TPSA) is 48.7 Å². The summed E-state index contributed by atoms with van der Waals surface area (Å²) in [5, 5.41) is 2.61. The molecule has 1 unspecified atom stereocenters. The van der Waals surface area contributed by atoms with Crippen LogP contribution in [-0.4, -0.2) is 55.0 Å². The van der Waals surface area contributed by atoms with Gasteiger partial charge < -0.3 is 9.73 Å². The van der Waals surface area contributed by atoms with Gasteiger partial charge in [0.25, 0.3) is 5.91 Å². The Kier molecular flexibility index (Phi) is 5.61. The van der Waals surface area contributed by atoms with Gasteiger partial charge >= 0.3 is 0 Å². The SMILES string of the molecule is CNC(=O)c1ccc(CN2CCCN(CC3CC3)C(C(C)C)C2)o1. The number of rotatable bonds is 6. The van der Waals surface area contributed by atoms with E-state index in [2.05, 4.69) is 29.0 Å². The first-order valence-electron chi connectivity index (χ1n) is 9.34. The molecule has 0 bridgehead atoms. The van der Waals surface area contributed by atoms with Gasteiger partial charge in [-0.1, -0.05) is 13.8 Å². The summed E-state index contributed by atoms with van der Waals surface area (Å²) < 4.78 is 5.71. The van der Waals surface area contributed by atoms with Gasteiger partial charge in [-0.3, -0.25) is 14.6 Å². The average Bonchev–Trinajstić information content (AvgIpc) is 3.29. The minimum absolute atomic E-state index is 0.159. The van der Waals surface area contributed by atoms with Crippen LogP contribution in [0.1, 0.15) is 49.4 Å². The lowest BCUT2D eigenvalue weighted by Crippen LogP contribution is -2.45. The second kappa shape index (κ2) is 7.70. The summed E-state index contributed by atoms with van der Waals surface area (Å²) in [6.07, 6.45) is 4.04. The molecule has 134 valence electrons. The molecule has 5 heteroatoms. The highest BCUT2D eigenvalue weighted by atomic mass is 16.4. The van der Waals surface area contributed by atoms with E-state index in [1.807, 2.05) is 6.07 Å². The monoisotopic (exact) mass is 333 g/mol. The van der Waals surface area contributed by atoms with Gasteiger partial charge in [0.1, 0.15) is 5.76 Å². The molecule has 3 rings (SSSR count). The van der Waals surface area contributed by atoms with Gasteiger partial charge in [0.15, 0.2) is 5.76 Å². The Balaban J connectivity index is 1.62. The molecule has 5 nitrogen and oxygen atoms in total. The van der Waals surface area contributed by atoms with Crippen molar-refractivity contribution in [1.29, 1.82) is 0 Å². The van der Waals surface area contributed by atoms with E-state index in [1.165, 1.54) is 32.4 Å². The Morgan fingerprint density at radius 1 is 1.33 bits per heavy atom. The number of amides is 1. The van der Waals surface area contributed by atoms with Crippen molar-refractivity contribution >= 4 is 5.91 Å². The van der Waals surface area contributed by atoms with Crippen molar-refractivity contribution in [2.45, 2.75) is 45.7 Å². The summed E-state index contributed by atoms with van der Waals surface area (Å²) in [5.74, 6) is 2.72. The van der Waals surface area contributed by atoms with E-state index in [0.29, 0.717) is 17.7 Å². The predicted molar refractivity (Wildman–Crippen MR) is 94.9 cm³/mol. The summed E-state index contributed by atoms with van der Waals surface area (Å²) >= 11 is 0. The third-order valence-corrected chi connectivity index (χ3v) is 5.29. The first kappa shape index (κ1) is 17.5. The fraction of sp³-hybridized carbons (Fsp3) is 0.737. The van der Waals surface area contributed by atoms with Crippen molar-refractivity contribution in [3.63, 3.8) is 0 Å². The van der Waals surface area contributed by atoms with Crippen LogP contribution in [0.4, 0.5) is 0 Å². The molecule has 1 aromatic rings. The summed E-state index contributed by atoms with van der Waals surface area (Å²) in [5.41, 5.74) is 0. The van der Waals surface area contributed by atoms with Gasteiger partial charge in [0.2, 0.25) is 0 Å². The van der Waals surface area contributed by atoms with Crippen LogP contribution in [0, 0.1) is 11.8 Å². The Bertz CT molecular complexity index is 551. The molecule has 1 amide bonds. The zero-order valence-electron chi connectivity index (χ0n) is 15.3. The summed E-state index contributed by atoms with van der Waals surface area (Å²) in [7, 11) is 1.63. The van der Waals surface area contributed by atoms with E-state index in [0.717, 1.165) is 31.3 Å². The molecule has 1 saturated heterocycles. The fourth-order valence-electron chi connectivity index (χ4n) is 3.70. The molecule has 1 aromatic heterocycles. The van der Waals surface area contributed by atoms with Crippen molar-refractivity contribution in [3.05, 3.63) is 23.7 Å². The molecule has 1 saturated carbocycles. The van der Waals surface area contributed by atoms with Crippen LogP contribution in [-0.2, 0) is 6.54 Å². The second-order valence-electron chi connectivity index (χ2n) is 7.68. The summed E-state index contributed by atoms with van der Waals surface area (Å²) in [4.78, 5) is 16.9. The molecule has 2 heterocycles. The van der Waals surface area contributed by atoms with Crippen LogP contribution >= 0.6 is 0 Å². The number of carbonyl (C=O) groups excluding carboxylic acids is 1. The van der Waals surface area contributed by atoms with E-state index < -0.39 is 0 Å². The zero-order valence-corrected chi connectivity index (χ0v) is 15.3. The molecule has 0 spiro atoms. The van der Waals surface area contributed by atoms with Crippen molar-refractivity contribution in [3.8, 4) is 0 Å². The average molecular weight is 333 g/mol. The quantitative estimate of drug-likeness (QED) is 0.869. The smallest absolute Gasteiger partial charge is 0.286 e. The maximum atomic E-state index is 11.6. The third-order valence-electron chi connectivity index (χ3n) is 5.29. The van der Waals surface area contributed by atoms with Gasteiger partial charge in [0.05, 0.1) is 6.54 Å². The van der Waals surface area contributed by atoms with Gasteiger partial charge in [-0.15, -0.1) is 0 Å². The summed E-state index contributed by atoms with van der Waals surface area (Å²) in [6, 6.07) is 4.31. The number of nitrogens with one attached hydrogen (secondary N) is 1. The van der Waals surface area contributed by atoms with Crippen molar-refractivity contribution in [2.24, 2.45) is 11.8 Å². The van der Waals surface area contributed by atoms with Gasteiger partial charge in [-0.25, -0.2) is 0 Å². The first-order chi connectivity index (χ1) is 11.6. The zero-order chi connectivity index (χ0) is 17.1. The Morgan fingerprint density at radius 3 is 2.79 bits per heavy atom. The fourth-order valence-corrected chi connectivity index (χ4v) is 3.70. The van der Waals surface area contributed by atoms with Crippen molar-refractivity contribution < 1.29 is 9.21 Å². The van der Waals surface area contributed by atoms with Crippen molar-refractivity contribution in [1.82, 2.24) is 15.1 Å². The highest BCUT2D eigenvalue weighted by molar-refractivity contribution is 5.91. The standard InChI is InChI=1S/C19H31N3O2/c1-14(2)17-13-21(9-4-10-22(17)11-15-5-6-15)12-16-7-8-18(24-16)19(23)20-3/h7-8,14-15,17H,4-6,9-13H2,1-3H3,(H,20,23). The van der Waals surface area contributed by atoms with E-state index in [4.69, 9.17) is 4.42 Å². The number of furan rings is 1. The normalized spacial score (nSPS) is 23.4. The lowest BCUT2D eigenvalue weighted by atomic mass is 10.0. The van der Waals surface area contributed by atoms with E-state index >= 15 is 0 Å². The van der Waals surface area contributed by atoms with Crippen LogP contribution in [0.2, 0.25) is 0 Å². The molecule has 1 aliphatic carbocycles. The molecular weight excluding hydrogens is 302 g/mol. The number of carbonyl (C=O) groups is 1. The van der Waals surface area contributed by atoms with Crippen LogP contribution in [0.3, 0.4) is 0 Å². The molecule has 2 aliphatic rings. The summed E-state index contributed by atoms with van der Waals surface area (Å²) in [6.45, 7) is 10.1. The third kappa shape index (κ3) is 4.39. The highest BCUT2D eigenvalue weighted by Gasteiger charge is 2.32. The highest BCUT2D eigenvalue weighted by Crippen LogP contribution is 2.32. The molecule has 1 atom stereocenters. The molecule has 2 fully saturated rings. The lowest BCUT2D eigenvalue weighted by molar-refractivity contribution is 0.0930. The predicted octanol–water partition coefficient (Wildman–Crippen LogP) is 2.58. The second-order valence-corrected chi connectivity index (χ2v) is 7.68. The number of nitrogens with zero attached hydrogens (tertiary/aromatic N) is 2. The van der Waals surface area contributed by atoms with Crippen LogP contribution in [0.15, 0.2) is 16.5 Å². The van der Waals surface area contributed by atoms with Crippen LogP contribution in [0.5, 0.6) is 0 Å². The van der Waals surface area contributed by atoms with E-state index in [9.17, 15) is 4.79 Å². The Hall–Kier alpha value is -1.33. The molecule has 0 radical (unpaired) electrons. The lowest BCUT2D eigenvalue weighted by Gasteiger charge is -2.34. The minimum atomic E-state index is -0.159. The minimum Gasteiger partial charge on any atom is -0.455 e. The largest absolute Gasteiger partial charge is 0.455 e. The molecule has 1 aliphatic heterocycles. The van der Waals surface area contributed by atoms with E-state index in [-0.39, 0.29) is 5.91 Å². The Labute approximate surface area is 145 Å². The molecule has 24 heavy (non-hydrogen) atoms. The van der Waals surface area contributed by atoms with Crippen LogP contribution < -0.4 is 5.32 Å². The Morgan fingerprint density at radius 2 is 2.12 bits per heavy atom. The van der Waals surface area contributed by atoms with Crippen molar-refractivity contribution in [2.75, 3.05) is 33.2 Å². The first-order valence-corrected chi connectivity index (χ1v) is 9.34. The molecule has 1 N–H and O–H groups in total. The van der Waals surface area contributed by atoms with Gasteiger partial charge in [-0.2, -0.15) is 0 Å². The van der Waals surface area contributed by atoms with E-state index in [1.54, 1.807) is 13.1 Å². The molecular formula is C19H31N3O2. The number of hydrogen-bond acceptors (Lipinski definition) is 4. The number of hydrogen-bond donors (Lipinski definition) is 1. The molecule has 0 aromatic carbocycles. The van der Waals surface area contributed by atoms with Gasteiger partial charge in [-0.05, 0) is 56.3 Å². The maximum Gasteiger partial charge on any atom is 0.286 e. The van der Waals surface area contributed by atoms with Crippen LogP contribution in [0.25, 0.3) is 0 Å². The van der Waals surface area contributed by atoms with Gasteiger partial charge in [0, 0.05) is 26.2 Å². The maximum absolute atomic E-state index is 11.6.